The van der Waals surface area contributed by atoms with Crippen molar-refractivity contribution in [1.82, 2.24) is 9.97 Å². The second-order valence-corrected chi connectivity index (χ2v) is 6.82. The number of carbonyl (C=O) groups is 1. The Morgan fingerprint density at radius 2 is 2.10 bits per heavy atom. The SMILES string of the molecule is CCCC1CCC(C(=O)O)C(Sc2ncc(C)cn2)C1. The monoisotopic (exact) mass is 294 g/mol. The van der Waals surface area contributed by atoms with E-state index in [1.54, 1.807) is 12.4 Å². The van der Waals surface area contributed by atoms with Gasteiger partial charge in [0.05, 0.1) is 5.92 Å². The van der Waals surface area contributed by atoms with Crippen molar-refractivity contribution in [2.24, 2.45) is 11.8 Å². The number of aliphatic carboxylic acids is 1. The summed E-state index contributed by atoms with van der Waals surface area (Å²) in [5, 5.41) is 10.2. The van der Waals surface area contributed by atoms with Crippen molar-refractivity contribution in [3.05, 3.63) is 18.0 Å². The zero-order valence-electron chi connectivity index (χ0n) is 12.1. The number of rotatable bonds is 5. The predicted molar refractivity (Wildman–Crippen MR) is 79.8 cm³/mol. The molecule has 20 heavy (non-hydrogen) atoms. The zero-order valence-corrected chi connectivity index (χ0v) is 12.9. The van der Waals surface area contributed by atoms with E-state index in [0.29, 0.717) is 11.1 Å². The number of nitrogens with zero attached hydrogens (tertiary/aromatic N) is 2. The van der Waals surface area contributed by atoms with Crippen molar-refractivity contribution < 1.29 is 9.90 Å². The molecule has 0 amide bonds. The maximum Gasteiger partial charge on any atom is 0.307 e. The molecule has 1 aliphatic rings. The molecule has 4 nitrogen and oxygen atoms in total. The molecule has 0 radical (unpaired) electrons. The van der Waals surface area contributed by atoms with Crippen molar-refractivity contribution in [2.75, 3.05) is 0 Å². The molecule has 3 unspecified atom stereocenters. The number of carboxylic acids is 1. The number of hydrogen-bond donors (Lipinski definition) is 1. The fourth-order valence-corrected chi connectivity index (χ4v) is 4.16. The summed E-state index contributed by atoms with van der Waals surface area (Å²) in [6.07, 6.45) is 8.72. The predicted octanol–water partition coefficient (Wildman–Crippen LogP) is 3.55. The summed E-state index contributed by atoms with van der Waals surface area (Å²) >= 11 is 1.54. The maximum atomic E-state index is 11.4. The van der Waals surface area contributed by atoms with Gasteiger partial charge in [0.1, 0.15) is 0 Å². The number of carboxylic acid groups (broad SMARTS) is 1. The van der Waals surface area contributed by atoms with Crippen molar-refractivity contribution in [2.45, 2.75) is 56.4 Å². The second-order valence-electron chi connectivity index (χ2n) is 5.61. The van der Waals surface area contributed by atoms with Crippen LogP contribution >= 0.6 is 11.8 Å². The average Bonchev–Trinajstić information content (AvgIpc) is 2.42. The van der Waals surface area contributed by atoms with Gasteiger partial charge in [-0.15, -0.1) is 0 Å². The van der Waals surface area contributed by atoms with Gasteiger partial charge in [0, 0.05) is 17.6 Å². The van der Waals surface area contributed by atoms with E-state index < -0.39 is 5.97 Å². The summed E-state index contributed by atoms with van der Waals surface area (Å²) in [6, 6.07) is 0. The molecule has 3 atom stereocenters. The lowest BCUT2D eigenvalue weighted by Gasteiger charge is -2.33. The molecule has 110 valence electrons. The highest BCUT2D eigenvalue weighted by molar-refractivity contribution is 7.99. The minimum absolute atomic E-state index is 0.0977. The second kappa shape index (κ2) is 7.07. The van der Waals surface area contributed by atoms with Crippen LogP contribution < -0.4 is 0 Å². The van der Waals surface area contributed by atoms with Crippen LogP contribution in [0, 0.1) is 18.8 Å². The largest absolute Gasteiger partial charge is 0.481 e. The first-order valence-corrected chi connectivity index (χ1v) is 8.16. The molecule has 2 rings (SSSR count). The molecule has 1 aromatic heterocycles. The molecule has 0 spiro atoms. The van der Waals surface area contributed by atoms with Crippen molar-refractivity contribution >= 4 is 17.7 Å². The Balaban J connectivity index is 2.06. The van der Waals surface area contributed by atoms with Gasteiger partial charge >= 0.3 is 5.97 Å². The van der Waals surface area contributed by atoms with Crippen LogP contribution in [0.5, 0.6) is 0 Å². The van der Waals surface area contributed by atoms with Crippen LogP contribution in [0.1, 0.15) is 44.6 Å². The molecule has 5 heteroatoms. The van der Waals surface area contributed by atoms with Gasteiger partial charge in [-0.3, -0.25) is 4.79 Å². The van der Waals surface area contributed by atoms with Crippen LogP contribution in [0.15, 0.2) is 17.6 Å². The highest BCUT2D eigenvalue weighted by Crippen LogP contribution is 2.40. The van der Waals surface area contributed by atoms with E-state index in [4.69, 9.17) is 0 Å². The van der Waals surface area contributed by atoms with E-state index in [-0.39, 0.29) is 11.2 Å². The van der Waals surface area contributed by atoms with Crippen LogP contribution in [-0.4, -0.2) is 26.3 Å². The first kappa shape index (κ1) is 15.3. The molecule has 0 aliphatic heterocycles. The zero-order chi connectivity index (χ0) is 14.5. The molecule has 1 fully saturated rings. The third-order valence-electron chi connectivity index (χ3n) is 3.93. The number of hydrogen-bond acceptors (Lipinski definition) is 4. The normalized spacial score (nSPS) is 26.4. The lowest BCUT2D eigenvalue weighted by Crippen LogP contribution is -2.33. The average molecular weight is 294 g/mol. The van der Waals surface area contributed by atoms with Gasteiger partial charge in [0.25, 0.3) is 0 Å². The molecule has 1 heterocycles. The number of aryl methyl sites for hydroxylation is 1. The summed E-state index contributed by atoms with van der Waals surface area (Å²) in [5.41, 5.74) is 1.02. The van der Waals surface area contributed by atoms with E-state index in [0.717, 1.165) is 24.8 Å². The van der Waals surface area contributed by atoms with Gasteiger partial charge in [0.2, 0.25) is 0 Å². The van der Waals surface area contributed by atoms with E-state index in [9.17, 15) is 9.90 Å². The van der Waals surface area contributed by atoms with Crippen LogP contribution in [0.25, 0.3) is 0 Å². The van der Waals surface area contributed by atoms with Crippen LogP contribution in [0.2, 0.25) is 0 Å². The van der Waals surface area contributed by atoms with Gasteiger partial charge in [-0.1, -0.05) is 31.5 Å². The topological polar surface area (TPSA) is 63.1 Å². The van der Waals surface area contributed by atoms with Crippen LogP contribution in [0.3, 0.4) is 0 Å². The highest BCUT2D eigenvalue weighted by Gasteiger charge is 2.35. The first-order valence-electron chi connectivity index (χ1n) is 7.28. The van der Waals surface area contributed by atoms with Gasteiger partial charge in [-0.05, 0) is 37.7 Å². The fourth-order valence-electron chi connectivity index (χ4n) is 2.87. The van der Waals surface area contributed by atoms with Crippen molar-refractivity contribution in [3.63, 3.8) is 0 Å². The Kier molecular flexibility index (Phi) is 5.40. The summed E-state index contributed by atoms with van der Waals surface area (Å²) in [4.78, 5) is 20.0. The van der Waals surface area contributed by atoms with E-state index >= 15 is 0 Å². The lowest BCUT2D eigenvalue weighted by molar-refractivity contribution is -0.142. The van der Waals surface area contributed by atoms with Crippen molar-refractivity contribution in [1.29, 1.82) is 0 Å². The standard InChI is InChI=1S/C15H22N2O2S/c1-3-4-11-5-6-12(14(18)19)13(7-11)20-15-16-8-10(2)9-17-15/h8-9,11-13H,3-7H2,1-2H3,(H,18,19). The number of aromatic nitrogens is 2. The minimum atomic E-state index is -0.676. The van der Waals surface area contributed by atoms with E-state index in [1.807, 2.05) is 6.92 Å². The van der Waals surface area contributed by atoms with Crippen LogP contribution in [0.4, 0.5) is 0 Å². The fraction of sp³-hybridized carbons (Fsp3) is 0.667. The van der Waals surface area contributed by atoms with Gasteiger partial charge in [0.15, 0.2) is 5.16 Å². The Hall–Kier alpha value is -1.10. The molecule has 1 N–H and O–H groups in total. The molecule has 0 saturated heterocycles. The third-order valence-corrected chi connectivity index (χ3v) is 5.17. The Morgan fingerprint density at radius 1 is 1.40 bits per heavy atom. The first-order chi connectivity index (χ1) is 9.60. The van der Waals surface area contributed by atoms with E-state index in [1.165, 1.54) is 24.6 Å². The smallest absolute Gasteiger partial charge is 0.307 e. The Bertz CT molecular complexity index is 450. The molecule has 1 aliphatic carbocycles. The van der Waals surface area contributed by atoms with Gasteiger partial charge in [-0.2, -0.15) is 0 Å². The Morgan fingerprint density at radius 3 is 2.70 bits per heavy atom. The van der Waals surface area contributed by atoms with Gasteiger partial charge < -0.3 is 5.11 Å². The highest BCUT2D eigenvalue weighted by atomic mass is 32.2. The summed E-state index contributed by atoms with van der Waals surface area (Å²) in [6.45, 7) is 4.14. The summed E-state index contributed by atoms with van der Waals surface area (Å²) < 4.78 is 0. The molecular weight excluding hydrogens is 272 g/mol. The molecule has 1 aromatic rings. The van der Waals surface area contributed by atoms with E-state index in [2.05, 4.69) is 16.9 Å². The summed E-state index contributed by atoms with van der Waals surface area (Å²) in [7, 11) is 0. The van der Waals surface area contributed by atoms with Crippen molar-refractivity contribution in [3.8, 4) is 0 Å². The molecule has 0 aromatic carbocycles. The third kappa shape index (κ3) is 3.95. The Labute approximate surface area is 124 Å². The number of thioether (sulfide) groups is 1. The van der Waals surface area contributed by atoms with Gasteiger partial charge in [-0.25, -0.2) is 9.97 Å². The minimum Gasteiger partial charge on any atom is -0.481 e. The molecule has 1 saturated carbocycles. The molecular formula is C15H22N2O2S. The lowest BCUT2D eigenvalue weighted by atomic mass is 9.80. The summed E-state index contributed by atoms with van der Waals surface area (Å²) in [5.74, 6) is -0.291. The van der Waals surface area contributed by atoms with Crippen LogP contribution in [-0.2, 0) is 4.79 Å². The molecule has 0 bridgehead atoms. The quantitative estimate of drug-likeness (QED) is 0.841. The maximum absolute atomic E-state index is 11.4.